The first kappa shape index (κ1) is 14.1. The first-order valence-corrected chi connectivity index (χ1v) is 7.25. The monoisotopic (exact) mass is 259 g/mol. The highest BCUT2D eigenvalue weighted by Crippen LogP contribution is 2.17. The number of nitrogens with one attached hydrogen (secondary N) is 3. The van der Waals surface area contributed by atoms with Gasteiger partial charge in [0.1, 0.15) is 0 Å². The van der Waals surface area contributed by atoms with Gasteiger partial charge < -0.3 is 15.6 Å². The highest BCUT2D eigenvalue weighted by Gasteiger charge is 2.05. The van der Waals surface area contributed by atoms with Crippen LogP contribution in [0.1, 0.15) is 18.9 Å². The second-order valence-corrected chi connectivity index (χ2v) is 5.15. The van der Waals surface area contributed by atoms with Crippen LogP contribution in [-0.4, -0.2) is 31.7 Å². The number of hydrogen-bond donors (Lipinski definition) is 3. The molecular weight excluding hydrogens is 234 g/mol. The van der Waals surface area contributed by atoms with E-state index in [2.05, 4.69) is 53.0 Å². The molecule has 1 aromatic carbocycles. The molecule has 0 spiro atoms. The zero-order chi connectivity index (χ0) is 13.5. The van der Waals surface area contributed by atoms with Gasteiger partial charge in [-0.15, -0.1) is 0 Å². The van der Waals surface area contributed by atoms with Gasteiger partial charge in [0.25, 0.3) is 0 Å². The molecular formula is C16H25N3. The second-order valence-electron chi connectivity index (χ2n) is 5.15. The van der Waals surface area contributed by atoms with Crippen molar-refractivity contribution in [3.63, 3.8) is 0 Å². The Morgan fingerprint density at radius 1 is 1.21 bits per heavy atom. The van der Waals surface area contributed by atoms with Gasteiger partial charge in [-0.25, -0.2) is 0 Å². The molecule has 1 heterocycles. The van der Waals surface area contributed by atoms with Gasteiger partial charge in [0.2, 0.25) is 0 Å². The second kappa shape index (κ2) is 7.31. The van der Waals surface area contributed by atoms with E-state index in [0.29, 0.717) is 0 Å². The van der Waals surface area contributed by atoms with Gasteiger partial charge in [-0.05, 0) is 50.7 Å². The van der Waals surface area contributed by atoms with Crippen LogP contribution < -0.4 is 10.6 Å². The molecule has 0 aliphatic heterocycles. The van der Waals surface area contributed by atoms with Crippen molar-refractivity contribution in [3.05, 3.63) is 36.0 Å². The van der Waals surface area contributed by atoms with E-state index in [1.54, 1.807) is 0 Å². The van der Waals surface area contributed by atoms with Crippen LogP contribution in [0, 0.1) is 5.92 Å². The largest absolute Gasteiger partial charge is 0.361 e. The molecule has 104 valence electrons. The van der Waals surface area contributed by atoms with Crippen LogP contribution >= 0.6 is 0 Å². The molecule has 2 aromatic rings. The van der Waals surface area contributed by atoms with E-state index in [1.807, 2.05) is 7.05 Å². The summed E-state index contributed by atoms with van der Waals surface area (Å²) in [5.41, 5.74) is 2.64. The van der Waals surface area contributed by atoms with Crippen LogP contribution in [0.5, 0.6) is 0 Å². The third-order valence-corrected chi connectivity index (χ3v) is 3.75. The fourth-order valence-electron chi connectivity index (χ4n) is 2.52. The van der Waals surface area contributed by atoms with E-state index in [4.69, 9.17) is 0 Å². The minimum Gasteiger partial charge on any atom is -0.361 e. The van der Waals surface area contributed by atoms with Crippen LogP contribution in [0.3, 0.4) is 0 Å². The lowest BCUT2D eigenvalue weighted by molar-refractivity contribution is 0.447. The maximum atomic E-state index is 3.57. The van der Waals surface area contributed by atoms with Gasteiger partial charge in [-0.3, -0.25) is 0 Å². The lowest BCUT2D eigenvalue weighted by Gasteiger charge is -2.14. The Labute approximate surface area is 115 Å². The molecule has 3 heteroatoms. The number of fused-ring (bicyclic) bond motifs is 1. The third kappa shape index (κ3) is 3.82. The van der Waals surface area contributed by atoms with Crippen LogP contribution in [-0.2, 0) is 6.42 Å². The number of rotatable bonds is 8. The van der Waals surface area contributed by atoms with Gasteiger partial charge in [-0.2, -0.15) is 0 Å². The van der Waals surface area contributed by atoms with E-state index in [1.165, 1.54) is 22.9 Å². The predicted octanol–water partition coefficient (Wildman–Crippen LogP) is 2.55. The molecule has 0 fully saturated rings. The van der Waals surface area contributed by atoms with Crippen LogP contribution in [0.4, 0.5) is 0 Å². The Morgan fingerprint density at radius 3 is 2.84 bits per heavy atom. The van der Waals surface area contributed by atoms with Gasteiger partial charge >= 0.3 is 0 Å². The minimum atomic E-state index is 0.730. The molecule has 0 saturated heterocycles. The van der Waals surface area contributed by atoms with E-state index >= 15 is 0 Å². The number of para-hydroxylation sites is 1. The number of aromatic amines is 1. The van der Waals surface area contributed by atoms with Crippen molar-refractivity contribution in [2.45, 2.75) is 19.8 Å². The Hall–Kier alpha value is -1.32. The highest BCUT2D eigenvalue weighted by molar-refractivity contribution is 5.83. The number of H-pyrrole nitrogens is 1. The normalized spacial score (nSPS) is 12.9. The van der Waals surface area contributed by atoms with E-state index in [-0.39, 0.29) is 0 Å². The van der Waals surface area contributed by atoms with Gasteiger partial charge in [0.15, 0.2) is 0 Å². The summed E-state index contributed by atoms with van der Waals surface area (Å²) in [5.74, 6) is 0.730. The molecule has 0 radical (unpaired) electrons. The first-order valence-electron chi connectivity index (χ1n) is 7.25. The summed E-state index contributed by atoms with van der Waals surface area (Å²) in [7, 11) is 2.02. The smallest absolute Gasteiger partial charge is 0.0456 e. The Balaban J connectivity index is 1.79. The molecule has 0 bridgehead atoms. The van der Waals surface area contributed by atoms with E-state index < -0.39 is 0 Å². The Morgan fingerprint density at radius 2 is 2.05 bits per heavy atom. The predicted molar refractivity (Wildman–Crippen MR) is 82.6 cm³/mol. The average molecular weight is 259 g/mol. The SMILES string of the molecule is CCC(CNC)CNCCc1c[nH]c2ccccc12. The van der Waals surface area contributed by atoms with E-state index in [9.17, 15) is 0 Å². The average Bonchev–Trinajstić information content (AvgIpc) is 2.85. The van der Waals surface area contributed by atoms with Crippen molar-refractivity contribution in [2.24, 2.45) is 5.92 Å². The molecule has 1 atom stereocenters. The maximum Gasteiger partial charge on any atom is 0.0456 e. The zero-order valence-corrected chi connectivity index (χ0v) is 12.0. The summed E-state index contributed by atoms with van der Waals surface area (Å²) in [5, 5.41) is 8.18. The molecule has 1 unspecified atom stereocenters. The summed E-state index contributed by atoms with van der Waals surface area (Å²) < 4.78 is 0. The highest BCUT2D eigenvalue weighted by atomic mass is 14.9. The molecule has 0 saturated carbocycles. The lowest BCUT2D eigenvalue weighted by atomic mass is 10.1. The van der Waals surface area contributed by atoms with E-state index in [0.717, 1.165) is 32.0 Å². The van der Waals surface area contributed by atoms with Crippen molar-refractivity contribution in [1.82, 2.24) is 15.6 Å². The minimum absolute atomic E-state index is 0.730. The number of benzene rings is 1. The quantitative estimate of drug-likeness (QED) is 0.638. The fraction of sp³-hybridized carbons (Fsp3) is 0.500. The molecule has 3 N–H and O–H groups in total. The van der Waals surface area contributed by atoms with Crippen LogP contribution in [0.2, 0.25) is 0 Å². The van der Waals surface area contributed by atoms with Crippen molar-refractivity contribution in [1.29, 1.82) is 0 Å². The van der Waals surface area contributed by atoms with Crippen molar-refractivity contribution in [2.75, 3.05) is 26.7 Å². The van der Waals surface area contributed by atoms with Gasteiger partial charge in [0, 0.05) is 17.1 Å². The van der Waals surface area contributed by atoms with Crippen molar-refractivity contribution >= 4 is 10.9 Å². The number of aromatic nitrogens is 1. The van der Waals surface area contributed by atoms with Gasteiger partial charge in [-0.1, -0.05) is 31.5 Å². The Kier molecular flexibility index (Phi) is 5.43. The standard InChI is InChI=1S/C16H25N3/c1-3-13(10-17-2)11-18-9-8-14-12-19-16-7-5-4-6-15(14)16/h4-7,12-13,17-19H,3,8-11H2,1-2H3. The molecule has 1 aromatic heterocycles. The molecule has 3 nitrogen and oxygen atoms in total. The summed E-state index contributed by atoms with van der Waals surface area (Å²) in [4.78, 5) is 3.33. The lowest BCUT2D eigenvalue weighted by Crippen LogP contribution is -2.30. The summed E-state index contributed by atoms with van der Waals surface area (Å²) in [6.45, 7) is 5.49. The first-order chi connectivity index (χ1) is 9.35. The molecule has 2 rings (SSSR count). The van der Waals surface area contributed by atoms with Gasteiger partial charge in [0.05, 0.1) is 0 Å². The van der Waals surface area contributed by atoms with Crippen molar-refractivity contribution in [3.8, 4) is 0 Å². The molecule has 0 amide bonds. The Bertz CT molecular complexity index is 489. The summed E-state index contributed by atoms with van der Waals surface area (Å²) in [6, 6.07) is 8.50. The van der Waals surface area contributed by atoms with Crippen LogP contribution in [0.25, 0.3) is 10.9 Å². The zero-order valence-electron chi connectivity index (χ0n) is 12.0. The summed E-state index contributed by atoms with van der Waals surface area (Å²) >= 11 is 0. The third-order valence-electron chi connectivity index (χ3n) is 3.75. The number of hydrogen-bond acceptors (Lipinski definition) is 2. The summed E-state index contributed by atoms with van der Waals surface area (Å²) in [6.07, 6.45) is 4.44. The topological polar surface area (TPSA) is 39.8 Å². The fourth-order valence-corrected chi connectivity index (χ4v) is 2.52. The molecule has 0 aliphatic carbocycles. The molecule has 19 heavy (non-hydrogen) atoms. The molecule has 0 aliphatic rings. The van der Waals surface area contributed by atoms with Crippen LogP contribution in [0.15, 0.2) is 30.5 Å². The van der Waals surface area contributed by atoms with Crippen molar-refractivity contribution < 1.29 is 0 Å². The maximum absolute atomic E-state index is 3.57.